The lowest BCUT2D eigenvalue weighted by molar-refractivity contribution is 0.0996. The number of aliphatic imine (C=N–C) groups is 1. The monoisotopic (exact) mass is 508 g/mol. The van der Waals surface area contributed by atoms with Gasteiger partial charge in [-0.3, -0.25) is 9.79 Å². The maximum absolute atomic E-state index is 13.2. The highest BCUT2D eigenvalue weighted by molar-refractivity contribution is 14.0. The third-order valence-corrected chi connectivity index (χ3v) is 3.99. The van der Waals surface area contributed by atoms with E-state index in [9.17, 15) is 9.18 Å². The molecule has 0 saturated carbocycles. The van der Waals surface area contributed by atoms with Crippen molar-refractivity contribution in [3.63, 3.8) is 0 Å². The van der Waals surface area contributed by atoms with Crippen LogP contribution in [0.5, 0.6) is 0 Å². The Morgan fingerprint density at radius 1 is 1.00 bits per heavy atom. The molecule has 0 aliphatic heterocycles. The molecule has 0 atom stereocenters. The predicted molar refractivity (Wildman–Crippen MR) is 122 cm³/mol. The Morgan fingerprint density at radius 2 is 1.72 bits per heavy atom. The van der Waals surface area contributed by atoms with Gasteiger partial charge in [0.25, 0.3) is 5.91 Å². The van der Waals surface area contributed by atoms with Gasteiger partial charge in [0.2, 0.25) is 0 Å². The zero-order valence-corrected chi connectivity index (χ0v) is 18.1. The van der Waals surface area contributed by atoms with Gasteiger partial charge in [0.1, 0.15) is 5.82 Å². The minimum atomic E-state index is -0.294. The maximum atomic E-state index is 13.2. The van der Waals surface area contributed by atoms with E-state index in [4.69, 9.17) is 4.42 Å². The summed E-state index contributed by atoms with van der Waals surface area (Å²) in [5.74, 6) is 0.317. The molecule has 3 aromatic rings. The summed E-state index contributed by atoms with van der Waals surface area (Å²) in [5.41, 5.74) is 2.53. The molecule has 0 fully saturated rings. The van der Waals surface area contributed by atoms with Crippen LogP contribution in [0.25, 0.3) is 0 Å². The standard InChI is InChI=1S/C21H21FN4O2.HI/c1-23-21(25-14-16-4-2-5-17(22)12-16)24-13-15-7-9-18(10-8-15)26-20(27)19-6-3-11-28-19;/h2-12H,13-14H2,1H3,(H,26,27)(H2,23,24,25);1H. The van der Waals surface area contributed by atoms with E-state index in [0.717, 1.165) is 11.1 Å². The van der Waals surface area contributed by atoms with Crippen LogP contribution in [0, 0.1) is 5.82 Å². The normalized spacial score (nSPS) is 10.8. The van der Waals surface area contributed by atoms with E-state index in [-0.39, 0.29) is 41.5 Å². The number of hydrogen-bond acceptors (Lipinski definition) is 3. The lowest BCUT2D eigenvalue weighted by Crippen LogP contribution is -2.36. The number of hydrogen-bond donors (Lipinski definition) is 3. The number of nitrogens with one attached hydrogen (secondary N) is 3. The lowest BCUT2D eigenvalue weighted by Gasteiger charge is -2.12. The molecule has 0 spiro atoms. The first-order valence-electron chi connectivity index (χ1n) is 8.77. The molecule has 29 heavy (non-hydrogen) atoms. The zero-order valence-electron chi connectivity index (χ0n) is 15.8. The van der Waals surface area contributed by atoms with Crippen LogP contribution in [-0.2, 0) is 13.1 Å². The van der Waals surface area contributed by atoms with E-state index >= 15 is 0 Å². The third kappa shape index (κ3) is 6.90. The molecule has 1 aromatic heterocycles. The topological polar surface area (TPSA) is 78.7 Å². The van der Waals surface area contributed by atoms with Crippen LogP contribution in [-0.4, -0.2) is 18.9 Å². The number of guanidine groups is 1. The summed E-state index contributed by atoms with van der Waals surface area (Å²) in [6.07, 6.45) is 1.46. The molecule has 8 heteroatoms. The summed E-state index contributed by atoms with van der Waals surface area (Å²) in [6.45, 7) is 1.02. The number of amides is 1. The predicted octanol–water partition coefficient (Wildman–Crippen LogP) is 4.15. The van der Waals surface area contributed by atoms with E-state index < -0.39 is 0 Å². The molecule has 1 heterocycles. The molecule has 3 N–H and O–H groups in total. The van der Waals surface area contributed by atoms with Crippen LogP contribution in [0.3, 0.4) is 0 Å². The van der Waals surface area contributed by atoms with Gasteiger partial charge in [-0.25, -0.2) is 4.39 Å². The van der Waals surface area contributed by atoms with Gasteiger partial charge in [0, 0.05) is 25.8 Å². The van der Waals surface area contributed by atoms with Crippen molar-refractivity contribution in [1.29, 1.82) is 0 Å². The Labute approximate surface area is 185 Å². The van der Waals surface area contributed by atoms with Crippen LogP contribution in [0.2, 0.25) is 0 Å². The minimum absolute atomic E-state index is 0. The quantitative estimate of drug-likeness (QED) is 0.266. The molecule has 0 saturated heterocycles. The van der Waals surface area contributed by atoms with Crippen molar-refractivity contribution < 1.29 is 13.6 Å². The zero-order chi connectivity index (χ0) is 19.8. The second-order valence-electron chi connectivity index (χ2n) is 6.04. The highest BCUT2D eigenvalue weighted by Gasteiger charge is 2.08. The first kappa shape index (κ1) is 22.4. The fraction of sp³-hybridized carbons (Fsp3) is 0.143. The van der Waals surface area contributed by atoms with E-state index in [2.05, 4.69) is 20.9 Å². The average Bonchev–Trinajstić information content (AvgIpc) is 3.24. The van der Waals surface area contributed by atoms with Crippen LogP contribution in [0.15, 0.2) is 76.3 Å². The second kappa shape index (κ2) is 11.2. The highest BCUT2D eigenvalue weighted by Crippen LogP contribution is 2.12. The first-order chi connectivity index (χ1) is 13.6. The third-order valence-electron chi connectivity index (χ3n) is 3.99. The summed E-state index contributed by atoms with van der Waals surface area (Å²) in [6, 6.07) is 17.1. The van der Waals surface area contributed by atoms with Gasteiger partial charge in [0.05, 0.1) is 6.26 Å². The molecule has 152 valence electrons. The van der Waals surface area contributed by atoms with Crippen molar-refractivity contribution in [3.05, 3.63) is 89.6 Å². The van der Waals surface area contributed by atoms with Gasteiger partial charge >= 0.3 is 0 Å². The molecule has 0 bridgehead atoms. The van der Waals surface area contributed by atoms with Gasteiger partial charge in [-0.2, -0.15) is 0 Å². The van der Waals surface area contributed by atoms with Crippen LogP contribution in [0.4, 0.5) is 10.1 Å². The van der Waals surface area contributed by atoms with Crippen LogP contribution in [0.1, 0.15) is 21.7 Å². The maximum Gasteiger partial charge on any atom is 0.291 e. The Hall–Kier alpha value is -2.88. The van der Waals surface area contributed by atoms with E-state index in [1.807, 2.05) is 30.3 Å². The van der Waals surface area contributed by atoms with Crippen molar-refractivity contribution in [1.82, 2.24) is 10.6 Å². The SMILES string of the molecule is CN=C(NCc1ccc(NC(=O)c2ccco2)cc1)NCc1cccc(F)c1.I. The number of nitrogens with zero attached hydrogens (tertiary/aromatic N) is 1. The highest BCUT2D eigenvalue weighted by atomic mass is 127. The van der Waals surface area contributed by atoms with Crippen molar-refractivity contribution >= 4 is 41.5 Å². The van der Waals surface area contributed by atoms with Gasteiger partial charge < -0.3 is 20.4 Å². The number of benzene rings is 2. The molecule has 1 amide bonds. The first-order valence-corrected chi connectivity index (χ1v) is 8.77. The second-order valence-corrected chi connectivity index (χ2v) is 6.04. The summed E-state index contributed by atoms with van der Waals surface area (Å²) in [7, 11) is 1.67. The fourth-order valence-electron chi connectivity index (χ4n) is 2.55. The molecule has 0 unspecified atom stereocenters. The fourth-order valence-corrected chi connectivity index (χ4v) is 2.55. The van der Waals surface area contributed by atoms with Gasteiger partial charge in [0.15, 0.2) is 11.7 Å². The van der Waals surface area contributed by atoms with E-state index in [1.54, 1.807) is 25.2 Å². The van der Waals surface area contributed by atoms with Gasteiger partial charge in [-0.15, -0.1) is 24.0 Å². The van der Waals surface area contributed by atoms with E-state index in [1.165, 1.54) is 18.4 Å². The average molecular weight is 508 g/mol. The van der Waals surface area contributed by atoms with Crippen LogP contribution >= 0.6 is 24.0 Å². The van der Waals surface area contributed by atoms with Crippen LogP contribution < -0.4 is 16.0 Å². The molecule has 0 aliphatic carbocycles. The number of carbonyl (C=O) groups is 1. The summed E-state index contributed by atoms with van der Waals surface area (Å²) in [5, 5.41) is 9.11. The minimum Gasteiger partial charge on any atom is -0.459 e. The number of halogens is 2. The van der Waals surface area contributed by atoms with Crippen molar-refractivity contribution in [3.8, 4) is 0 Å². The Kier molecular flexibility index (Phi) is 8.66. The molecule has 0 aliphatic rings. The Balaban J connectivity index is 0.00000300. The summed E-state index contributed by atoms with van der Waals surface area (Å²) >= 11 is 0. The van der Waals surface area contributed by atoms with Gasteiger partial charge in [-0.05, 0) is 47.5 Å². The number of furan rings is 1. The molecule has 0 radical (unpaired) electrons. The molecule has 2 aromatic carbocycles. The van der Waals surface area contributed by atoms with Crippen molar-refractivity contribution in [2.45, 2.75) is 13.1 Å². The van der Waals surface area contributed by atoms with E-state index in [0.29, 0.717) is 24.7 Å². The molecular formula is C21H22FIN4O2. The lowest BCUT2D eigenvalue weighted by atomic mass is 10.2. The number of rotatable bonds is 6. The van der Waals surface area contributed by atoms with Gasteiger partial charge in [-0.1, -0.05) is 24.3 Å². The van der Waals surface area contributed by atoms with Crippen molar-refractivity contribution in [2.75, 3.05) is 12.4 Å². The largest absolute Gasteiger partial charge is 0.459 e. The summed E-state index contributed by atoms with van der Waals surface area (Å²) < 4.78 is 18.3. The molecular weight excluding hydrogens is 486 g/mol. The smallest absolute Gasteiger partial charge is 0.291 e. The Morgan fingerprint density at radius 3 is 2.34 bits per heavy atom. The molecule has 3 rings (SSSR count). The summed E-state index contributed by atoms with van der Waals surface area (Å²) in [4.78, 5) is 16.1. The molecule has 6 nitrogen and oxygen atoms in total. The van der Waals surface area contributed by atoms with Crippen molar-refractivity contribution in [2.24, 2.45) is 4.99 Å². The Bertz CT molecular complexity index is 944. The number of anilines is 1. The number of carbonyl (C=O) groups excluding carboxylic acids is 1.